The lowest BCUT2D eigenvalue weighted by Crippen LogP contribution is -2.04. The van der Waals surface area contributed by atoms with E-state index in [-0.39, 0.29) is 11.7 Å². The Bertz CT molecular complexity index is 1340. The van der Waals surface area contributed by atoms with E-state index in [9.17, 15) is 9.90 Å². The molecule has 7 nitrogen and oxygen atoms in total. The van der Waals surface area contributed by atoms with Crippen LogP contribution in [0.1, 0.15) is 21.6 Å². The van der Waals surface area contributed by atoms with Gasteiger partial charge in [-0.2, -0.15) is 0 Å². The number of benzene rings is 2. The molecule has 0 unspecified atom stereocenters. The molecule has 4 N–H and O–H groups in total. The molecule has 2 aromatic heterocycles. The van der Waals surface area contributed by atoms with Crippen molar-refractivity contribution in [2.24, 2.45) is 0 Å². The van der Waals surface area contributed by atoms with Crippen LogP contribution in [0.2, 0.25) is 0 Å². The van der Waals surface area contributed by atoms with E-state index < -0.39 is 0 Å². The number of allylic oxidation sites excluding steroid dienone is 1. The lowest BCUT2D eigenvalue weighted by Gasteiger charge is -2.09. The number of anilines is 2. The van der Waals surface area contributed by atoms with Gasteiger partial charge in [-0.1, -0.05) is 48.0 Å². The normalized spacial score (nSPS) is 10.5. The minimum absolute atomic E-state index is 0.0717. The number of carbonyl (C=O) groups is 1. The Morgan fingerprint density at radius 3 is 3.03 bits per heavy atom. The summed E-state index contributed by atoms with van der Waals surface area (Å²) in [5.41, 5.74) is 9.67. The van der Waals surface area contributed by atoms with Crippen LogP contribution in [0.3, 0.4) is 0 Å². The predicted molar refractivity (Wildman–Crippen MR) is 123 cm³/mol. The Kier molecular flexibility index (Phi) is 5.69. The van der Waals surface area contributed by atoms with E-state index in [1.54, 1.807) is 12.3 Å². The minimum Gasteiger partial charge on any atom is -0.506 e. The fourth-order valence-corrected chi connectivity index (χ4v) is 3.90. The molecule has 0 saturated heterocycles. The Morgan fingerprint density at radius 2 is 2.19 bits per heavy atom. The SMILES string of the molecule is C=CC(=O)n1cnc(Cc2ccccc2NCC#Cc2cc(O)c3nc(N)sc3c2)c1. The van der Waals surface area contributed by atoms with Gasteiger partial charge in [0.1, 0.15) is 17.6 Å². The molecule has 2 heterocycles. The molecule has 4 aromatic rings. The number of aromatic hydroxyl groups is 1. The molecule has 0 bridgehead atoms. The number of aromatic nitrogens is 3. The number of hydrogen-bond donors (Lipinski definition) is 3. The van der Waals surface area contributed by atoms with Gasteiger partial charge in [-0.25, -0.2) is 9.97 Å². The molecule has 0 fully saturated rings. The van der Waals surface area contributed by atoms with E-state index in [1.807, 2.05) is 30.3 Å². The van der Waals surface area contributed by atoms with Crippen molar-refractivity contribution in [3.63, 3.8) is 0 Å². The van der Waals surface area contributed by atoms with E-state index in [0.717, 1.165) is 21.6 Å². The maximum atomic E-state index is 11.7. The summed E-state index contributed by atoms with van der Waals surface area (Å²) >= 11 is 1.31. The number of nitrogens with one attached hydrogen (secondary N) is 1. The third-order valence-electron chi connectivity index (χ3n) is 4.55. The summed E-state index contributed by atoms with van der Waals surface area (Å²) in [5, 5.41) is 13.8. The number of phenols is 1. The first-order valence-corrected chi connectivity index (χ1v) is 10.2. The van der Waals surface area contributed by atoms with Crippen molar-refractivity contribution in [1.29, 1.82) is 0 Å². The standard InChI is InChI=1S/C23H19N5O2S/c1-2-21(30)28-13-17(26-14-28)12-16-7-3-4-8-18(16)25-9-5-6-15-10-19(29)22-20(11-15)31-23(24)27-22/h2-4,7-8,10-11,13-14,25,29H,1,9,12H2,(H2,24,27). The van der Waals surface area contributed by atoms with Crippen molar-refractivity contribution in [1.82, 2.24) is 14.5 Å². The number of fused-ring (bicyclic) bond motifs is 1. The molecule has 0 aliphatic rings. The Balaban J connectivity index is 1.45. The van der Waals surface area contributed by atoms with Gasteiger partial charge in [-0.15, -0.1) is 0 Å². The largest absolute Gasteiger partial charge is 0.506 e. The topological polar surface area (TPSA) is 106 Å². The number of carbonyl (C=O) groups excluding carboxylic acids is 1. The second-order valence-electron chi connectivity index (χ2n) is 6.70. The molecule has 2 aromatic carbocycles. The zero-order valence-corrected chi connectivity index (χ0v) is 17.3. The van der Waals surface area contributed by atoms with Crippen molar-refractivity contribution in [3.8, 4) is 17.6 Å². The average molecular weight is 430 g/mol. The molecule has 8 heteroatoms. The maximum absolute atomic E-state index is 11.7. The molecule has 0 amide bonds. The van der Waals surface area contributed by atoms with Crippen molar-refractivity contribution < 1.29 is 9.90 Å². The number of hydrogen-bond acceptors (Lipinski definition) is 7. The van der Waals surface area contributed by atoms with Crippen LogP contribution in [0.25, 0.3) is 10.2 Å². The van der Waals surface area contributed by atoms with Gasteiger partial charge in [0.05, 0.1) is 16.9 Å². The van der Waals surface area contributed by atoms with Crippen LogP contribution < -0.4 is 11.1 Å². The van der Waals surface area contributed by atoms with Gasteiger partial charge in [0, 0.05) is 23.9 Å². The van der Waals surface area contributed by atoms with Crippen molar-refractivity contribution in [3.05, 3.63) is 78.4 Å². The van der Waals surface area contributed by atoms with Gasteiger partial charge in [0.25, 0.3) is 5.91 Å². The van der Waals surface area contributed by atoms with Crippen LogP contribution in [0.4, 0.5) is 10.8 Å². The lowest BCUT2D eigenvalue weighted by molar-refractivity contribution is 0.0969. The first-order chi connectivity index (χ1) is 15.0. The zero-order chi connectivity index (χ0) is 21.8. The summed E-state index contributed by atoms with van der Waals surface area (Å²) in [6.45, 7) is 3.91. The molecule has 31 heavy (non-hydrogen) atoms. The number of nitrogens with zero attached hydrogens (tertiary/aromatic N) is 3. The summed E-state index contributed by atoms with van der Waals surface area (Å²) in [6, 6.07) is 11.3. The van der Waals surface area contributed by atoms with Gasteiger partial charge in [-0.05, 0) is 29.8 Å². The van der Waals surface area contributed by atoms with Gasteiger partial charge in [0.15, 0.2) is 5.13 Å². The first kappa shape index (κ1) is 20.2. The molecule has 0 radical (unpaired) electrons. The lowest BCUT2D eigenvalue weighted by atomic mass is 10.1. The highest BCUT2D eigenvalue weighted by Gasteiger charge is 2.08. The number of nitrogens with two attached hydrogens (primary N) is 1. The van der Waals surface area contributed by atoms with Crippen LogP contribution in [0.5, 0.6) is 5.75 Å². The monoisotopic (exact) mass is 429 g/mol. The summed E-state index contributed by atoms with van der Waals surface area (Å²) in [5.74, 6) is 5.98. The highest BCUT2D eigenvalue weighted by Crippen LogP contribution is 2.31. The molecular formula is C23H19N5O2S. The predicted octanol–water partition coefficient (Wildman–Crippen LogP) is 3.66. The average Bonchev–Trinajstić information content (AvgIpc) is 3.38. The molecule has 0 saturated carbocycles. The van der Waals surface area contributed by atoms with Crippen molar-refractivity contribution in [2.75, 3.05) is 17.6 Å². The number of para-hydroxylation sites is 1. The summed E-state index contributed by atoms with van der Waals surface area (Å²) < 4.78 is 2.21. The number of nitrogen functional groups attached to an aromatic ring is 1. The molecule has 0 aliphatic heterocycles. The number of phenolic OH excluding ortho intramolecular Hbond substituents is 1. The quantitative estimate of drug-likeness (QED) is 0.330. The van der Waals surface area contributed by atoms with Crippen LogP contribution in [0.15, 0.2) is 61.6 Å². The fraction of sp³-hybridized carbons (Fsp3) is 0.0870. The second kappa shape index (κ2) is 8.73. The highest BCUT2D eigenvalue weighted by atomic mass is 32.1. The molecule has 0 spiro atoms. The third kappa shape index (κ3) is 4.57. The van der Waals surface area contributed by atoms with Crippen molar-refractivity contribution in [2.45, 2.75) is 6.42 Å². The van der Waals surface area contributed by atoms with Gasteiger partial charge >= 0.3 is 0 Å². The van der Waals surface area contributed by atoms with E-state index in [1.165, 1.54) is 28.3 Å². The first-order valence-electron chi connectivity index (χ1n) is 9.43. The number of rotatable bonds is 5. The van der Waals surface area contributed by atoms with Crippen molar-refractivity contribution >= 4 is 38.3 Å². The van der Waals surface area contributed by atoms with Gasteiger partial charge in [-0.3, -0.25) is 9.36 Å². The van der Waals surface area contributed by atoms with E-state index >= 15 is 0 Å². The molecule has 154 valence electrons. The minimum atomic E-state index is -0.217. The van der Waals surface area contributed by atoms with Crippen LogP contribution in [-0.4, -0.2) is 32.1 Å². The highest BCUT2D eigenvalue weighted by molar-refractivity contribution is 7.22. The van der Waals surface area contributed by atoms with Gasteiger partial charge in [0.2, 0.25) is 0 Å². The zero-order valence-electron chi connectivity index (χ0n) is 16.5. The molecule has 0 aliphatic carbocycles. The smallest absolute Gasteiger partial charge is 0.255 e. The maximum Gasteiger partial charge on any atom is 0.255 e. The number of thiazole rings is 1. The van der Waals surface area contributed by atoms with E-state index in [0.29, 0.717) is 29.2 Å². The molecule has 0 atom stereocenters. The van der Waals surface area contributed by atoms with E-state index in [2.05, 4.69) is 33.7 Å². The van der Waals surface area contributed by atoms with Gasteiger partial charge < -0.3 is 16.2 Å². The fourth-order valence-electron chi connectivity index (χ4n) is 3.11. The Hall–Kier alpha value is -4.09. The third-order valence-corrected chi connectivity index (χ3v) is 5.38. The second-order valence-corrected chi connectivity index (χ2v) is 7.76. The van der Waals surface area contributed by atoms with Crippen LogP contribution in [0, 0.1) is 11.8 Å². The molecular weight excluding hydrogens is 410 g/mol. The summed E-state index contributed by atoms with van der Waals surface area (Å²) in [4.78, 5) is 20.1. The summed E-state index contributed by atoms with van der Waals surface area (Å²) in [6.07, 6.45) is 5.02. The Labute approximate surface area is 182 Å². The number of imidazole rings is 1. The van der Waals surface area contributed by atoms with E-state index in [4.69, 9.17) is 5.73 Å². The van der Waals surface area contributed by atoms with Crippen LogP contribution >= 0.6 is 11.3 Å². The summed E-state index contributed by atoms with van der Waals surface area (Å²) in [7, 11) is 0. The van der Waals surface area contributed by atoms with Crippen LogP contribution in [-0.2, 0) is 6.42 Å². The molecule has 4 rings (SSSR count). The Morgan fingerprint density at radius 1 is 1.35 bits per heavy atom.